The summed E-state index contributed by atoms with van der Waals surface area (Å²) in [6, 6.07) is 2.90. The number of ether oxygens (including phenoxy) is 1. The van der Waals surface area contributed by atoms with Gasteiger partial charge in [0.15, 0.2) is 0 Å². The highest BCUT2D eigenvalue weighted by molar-refractivity contribution is 5.68. The van der Waals surface area contributed by atoms with Gasteiger partial charge in [0.05, 0.1) is 17.9 Å². The first-order valence-electron chi connectivity index (χ1n) is 10.5. The second kappa shape index (κ2) is 11.6. The van der Waals surface area contributed by atoms with Gasteiger partial charge in [-0.1, -0.05) is 20.4 Å². The summed E-state index contributed by atoms with van der Waals surface area (Å²) in [7, 11) is 0. The Morgan fingerprint density at radius 3 is 2.39 bits per heavy atom. The summed E-state index contributed by atoms with van der Waals surface area (Å²) in [5, 5.41) is 8.61. The van der Waals surface area contributed by atoms with Gasteiger partial charge in [-0.2, -0.15) is 13.2 Å². The van der Waals surface area contributed by atoms with Crippen molar-refractivity contribution in [3.05, 3.63) is 53.5 Å². The zero-order valence-electron chi connectivity index (χ0n) is 19.9. The fourth-order valence-corrected chi connectivity index (χ4v) is 2.67. The highest BCUT2D eigenvalue weighted by Crippen LogP contribution is 2.32. The molecule has 10 heteroatoms. The lowest BCUT2D eigenvalue weighted by molar-refractivity contribution is -0.137. The number of nitrogens with one attached hydrogen (secondary N) is 3. The van der Waals surface area contributed by atoms with Crippen LogP contribution in [0.4, 0.5) is 23.7 Å². The van der Waals surface area contributed by atoms with Crippen molar-refractivity contribution in [1.82, 2.24) is 16.0 Å². The lowest BCUT2D eigenvalue weighted by Crippen LogP contribution is -2.33. The Balaban J connectivity index is 2.69. The molecule has 0 radical (unpaired) electrons. The predicted octanol–water partition coefficient (Wildman–Crippen LogP) is 5.09. The summed E-state index contributed by atoms with van der Waals surface area (Å²) in [6.07, 6.45) is -1.79. The number of hydrogen-bond donors (Lipinski definition) is 4. The topological polar surface area (TPSA) is 101 Å². The lowest BCUT2D eigenvalue weighted by Gasteiger charge is -2.19. The molecule has 0 aliphatic heterocycles. The minimum atomic E-state index is -4.49. The fraction of sp³-hybridized carbons (Fsp3) is 0.478. The van der Waals surface area contributed by atoms with Crippen LogP contribution in [0.1, 0.15) is 58.7 Å². The number of halogens is 3. The van der Waals surface area contributed by atoms with Gasteiger partial charge < -0.3 is 26.4 Å². The Morgan fingerprint density at radius 1 is 1.21 bits per heavy atom. The van der Waals surface area contributed by atoms with E-state index < -0.39 is 29.5 Å². The first-order chi connectivity index (χ1) is 15.1. The number of carbonyl (C=O) groups excluding carboxylic acids is 1. The molecule has 1 atom stereocenters. The number of hydrogen-bond acceptors (Lipinski definition) is 5. The van der Waals surface area contributed by atoms with Crippen molar-refractivity contribution in [1.29, 1.82) is 0 Å². The minimum absolute atomic E-state index is 0.0240. The summed E-state index contributed by atoms with van der Waals surface area (Å²) >= 11 is 0. The van der Waals surface area contributed by atoms with Crippen molar-refractivity contribution in [2.75, 3.05) is 12.3 Å². The number of nitrogens with zero attached hydrogens (tertiary/aromatic N) is 1. The average molecular weight is 470 g/mol. The Hall–Kier alpha value is -3.17. The van der Waals surface area contributed by atoms with E-state index in [0.717, 1.165) is 17.8 Å². The largest absolute Gasteiger partial charge is 0.444 e. The SMILES string of the molecule is C=C(N=CN/C(=C/CNC(=O)OC(C)(C)C)C(C)C)N[C@H](C)c1cc(N)cc(C(F)(F)F)c1. The maximum atomic E-state index is 13.0. The quantitative estimate of drug-likeness (QED) is 0.229. The van der Waals surface area contributed by atoms with Gasteiger partial charge in [-0.15, -0.1) is 0 Å². The van der Waals surface area contributed by atoms with E-state index in [2.05, 4.69) is 27.5 Å². The van der Waals surface area contributed by atoms with Crippen molar-refractivity contribution < 1.29 is 22.7 Å². The van der Waals surface area contributed by atoms with E-state index in [1.54, 1.807) is 33.8 Å². The molecule has 0 aliphatic carbocycles. The number of anilines is 1. The van der Waals surface area contributed by atoms with E-state index in [0.29, 0.717) is 5.56 Å². The molecule has 184 valence electrons. The molecule has 0 heterocycles. The zero-order valence-corrected chi connectivity index (χ0v) is 19.9. The Morgan fingerprint density at radius 2 is 1.85 bits per heavy atom. The van der Waals surface area contributed by atoms with Gasteiger partial charge >= 0.3 is 12.3 Å². The summed E-state index contributed by atoms with van der Waals surface area (Å²) in [6.45, 7) is 15.0. The maximum Gasteiger partial charge on any atom is 0.416 e. The van der Waals surface area contributed by atoms with E-state index in [1.165, 1.54) is 12.4 Å². The third kappa shape index (κ3) is 10.8. The van der Waals surface area contributed by atoms with Crippen LogP contribution in [-0.2, 0) is 10.9 Å². The average Bonchev–Trinajstić information content (AvgIpc) is 2.63. The summed E-state index contributed by atoms with van der Waals surface area (Å²) in [5.74, 6) is 0.367. The third-order valence-corrected chi connectivity index (χ3v) is 4.23. The molecule has 1 aromatic rings. The number of alkyl carbamates (subject to hydrolysis) is 1. The fourth-order valence-electron chi connectivity index (χ4n) is 2.67. The van der Waals surface area contributed by atoms with Crippen molar-refractivity contribution in [3.63, 3.8) is 0 Å². The van der Waals surface area contributed by atoms with Crippen LogP contribution in [0.5, 0.6) is 0 Å². The Labute approximate surface area is 193 Å². The van der Waals surface area contributed by atoms with Gasteiger partial charge in [-0.3, -0.25) is 0 Å². The third-order valence-electron chi connectivity index (χ3n) is 4.23. The Bertz CT molecular complexity index is 887. The number of aliphatic imine (C=N–C) groups is 1. The molecule has 33 heavy (non-hydrogen) atoms. The first-order valence-corrected chi connectivity index (χ1v) is 10.5. The van der Waals surface area contributed by atoms with E-state index in [4.69, 9.17) is 10.5 Å². The molecule has 1 aromatic carbocycles. The number of rotatable bonds is 9. The molecule has 0 aliphatic rings. The maximum absolute atomic E-state index is 13.0. The van der Waals surface area contributed by atoms with E-state index >= 15 is 0 Å². The van der Waals surface area contributed by atoms with Crippen molar-refractivity contribution in [3.8, 4) is 0 Å². The van der Waals surface area contributed by atoms with Crippen LogP contribution in [0.3, 0.4) is 0 Å². The van der Waals surface area contributed by atoms with Gasteiger partial charge in [0, 0.05) is 17.9 Å². The van der Waals surface area contributed by atoms with Gasteiger partial charge in [-0.25, -0.2) is 9.79 Å². The van der Waals surface area contributed by atoms with Gasteiger partial charge in [0.2, 0.25) is 0 Å². The van der Waals surface area contributed by atoms with Crippen LogP contribution in [0.25, 0.3) is 0 Å². The van der Waals surface area contributed by atoms with Crippen molar-refractivity contribution in [2.24, 2.45) is 10.9 Å². The van der Waals surface area contributed by atoms with Crippen LogP contribution in [0, 0.1) is 5.92 Å². The molecule has 0 bridgehead atoms. The van der Waals surface area contributed by atoms with Crippen LogP contribution in [0.2, 0.25) is 0 Å². The summed E-state index contributed by atoms with van der Waals surface area (Å²) < 4.78 is 44.3. The van der Waals surface area contributed by atoms with E-state index in [-0.39, 0.29) is 24.0 Å². The number of alkyl halides is 3. The van der Waals surface area contributed by atoms with E-state index in [1.807, 2.05) is 13.8 Å². The molecule has 0 saturated heterocycles. The van der Waals surface area contributed by atoms with Crippen LogP contribution >= 0.6 is 0 Å². The standard InChI is InChI=1S/C23H34F3N5O2/c1-14(2)20(8-9-28-21(32)33-22(5,6)7)30-13-29-16(4)31-15(3)17-10-18(23(24,25)26)12-19(27)11-17/h8,10-15,31H,4,9,27H2,1-3,5-7H3,(H,28,32)(H,29,30)/b20-8+/t15-/m1/s1. The monoisotopic (exact) mass is 469 g/mol. The number of carbonyl (C=O) groups is 1. The molecule has 7 nitrogen and oxygen atoms in total. The summed E-state index contributed by atoms with van der Waals surface area (Å²) in [5.41, 5.74) is 5.43. The number of benzene rings is 1. The molecule has 1 amide bonds. The minimum Gasteiger partial charge on any atom is -0.444 e. The lowest BCUT2D eigenvalue weighted by atomic mass is 10.0. The number of allylic oxidation sites excluding steroid dienone is 1. The highest BCUT2D eigenvalue weighted by atomic mass is 19.4. The molecule has 1 rings (SSSR count). The van der Waals surface area contributed by atoms with Crippen molar-refractivity contribution >= 4 is 18.1 Å². The van der Waals surface area contributed by atoms with Crippen LogP contribution in [-0.4, -0.2) is 24.6 Å². The number of amides is 1. The van der Waals surface area contributed by atoms with Gasteiger partial charge in [0.25, 0.3) is 0 Å². The second-order valence-electron chi connectivity index (χ2n) is 8.80. The number of nitrogens with two attached hydrogens (primary N) is 1. The normalized spacial score (nSPS) is 13.7. The molecule has 0 saturated carbocycles. The van der Waals surface area contributed by atoms with Crippen LogP contribution < -0.4 is 21.7 Å². The molecule has 0 fully saturated rings. The Kier molecular flexibility index (Phi) is 9.81. The van der Waals surface area contributed by atoms with E-state index in [9.17, 15) is 18.0 Å². The highest BCUT2D eigenvalue weighted by Gasteiger charge is 2.31. The second-order valence-corrected chi connectivity index (χ2v) is 8.80. The molecule has 0 aromatic heterocycles. The molecular formula is C23H34F3N5O2. The first kappa shape index (κ1) is 27.9. The predicted molar refractivity (Wildman–Crippen MR) is 125 cm³/mol. The van der Waals surface area contributed by atoms with Crippen molar-refractivity contribution in [2.45, 2.75) is 59.4 Å². The smallest absolute Gasteiger partial charge is 0.416 e. The van der Waals surface area contributed by atoms with Crippen LogP contribution in [0.15, 0.2) is 47.4 Å². The zero-order chi connectivity index (χ0) is 25.4. The van der Waals surface area contributed by atoms with Gasteiger partial charge in [0.1, 0.15) is 11.4 Å². The summed E-state index contributed by atoms with van der Waals surface area (Å²) in [4.78, 5) is 15.9. The molecule has 0 unspecified atom stereocenters. The molecular weight excluding hydrogens is 435 g/mol. The van der Waals surface area contributed by atoms with Gasteiger partial charge in [-0.05, 0) is 63.5 Å². The molecule has 0 spiro atoms. The number of nitrogen functional groups attached to an aromatic ring is 1. The molecule has 5 N–H and O–H groups in total.